The summed E-state index contributed by atoms with van der Waals surface area (Å²) in [5.41, 5.74) is 0.0488. The first-order valence-corrected chi connectivity index (χ1v) is 7.86. The van der Waals surface area contributed by atoms with Crippen molar-refractivity contribution in [3.8, 4) is 0 Å². The zero-order valence-corrected chi connectivity index (χ0v) is 12.3. The molecule has 0 aromatic carbocycles. The first-order valence-electron chi connectivity index (χ1n) is 5.78. The largest absolute Gasteiger partial charge is 0.215 e. The van der Waals surface area contributed by atoms with Gasteiger partial charge in [-0.3, -0.25) is 0 Å². The van der Waals surface area contributed by atoms with Crippen molar-refractivity contribution >= 4 is 21.6 Å². The van der Waals surface area contributed by atoms with Gasteiger partial charge in [-0.2, -0.15) is 0 Å². The molecule has 0 spiro atoms. The summed E-state index contributed by atoms with van der Waals surface area (Å²) in [6.07, 6.45) is 2.22. The van der Waals surface area contributed by atoms with Crippen LogP contribution in [0.4, 0.5) is 0 Å². The molecule has 1 unspecified atom stereocenters. The van der Waals surface area contributed by atoms with E-state index in [1.807, 2.05) is 27.7 Å². The molecular formula is C11H24ClNO2S. The van der Waals surface area contributed by atoms with Gasteiger partial charge >= 0.3 is 0 Å². The third-order valence-corrected chi connectivity index (χ3v) is 4.26. The van der Waals surface area contributed by atoms with Crippen molar-refractivity contribution in [1.29, 1.82) is 0 Å². The van der Waals surface area contributed by atoms with Crippen molar-refractivity contribution in [1.82, 2.24) is 4.72 Å². The van der Waals surface area contributed by atoms with Gasteiger partial charge in [-0.25, -0.2) is 13.1 Å². The Bertz CT molecular complexity index is 283. The van der Waals surface area contributed by atoms with Crippen LogP contribution in [0.5, 0.6) is 0 Å². The average molecular weight is 270 g/mol. The van der Waals surface area contributed by atoms with Crippen LogP contribution in [-0.2, 0) is 10.0 Å². The van der Waals surface area contributed by atoms with Crippen molar-refractivity contribution in [3.63, 3.8) is 0 Å². The molecule has 0 saturated carbocycles. The Labute approximate surface area is 105 Å². The normalized spacial score (nSPS) is 15.1. The minimum absolute atomic E-state index is 0.0488. The number of hydrogen-bond donors (Lipinski definition) is 1. The van der Waals surface area contributed by atoms with Crippen molar-refractivity contribution in [2.24, 2.45) is 5.41 Å². The molecule has 0 aliphatic rings. The van der Waals surface area contributed by atoms with Gasteiger partial charge in [0.1, 0.15) is 0 Å². The van der Waals surface area contributed by atoms with Gasteiger partial charge < -0.3 is 0 Å². The summed E-state index contributed by atoms with van der Waals surface area (Å²) in [4.78, 5) is 0. The van der Waals surface area contributed by atoms with Gasteiger partial charge in [0.25, 0.3) is 0 Å². The second kappa shape index (κ2) is 6.82. The van der Waals surface area contributed by atoms with Crippen LogP contribution >= 0.6 is 11.6 Å². The molecule has 1 N–H and O–H groups in total. The van der Waals surface area contributed by atoms with Crippen LogP contribution in [0.25, 0.3) is 0 Å². The highest BCUT2D eigenvalue weighted by molar-refractivity contribution is 7.89. The number of hydrogen-bond acceptors (Lipinski definition) is 2. The quantitative estimate of drug-likeness (QED) is 0.723. The Hall–Kier alpha value is 0.200. The van der Waals surface area contributed by atoms with Crippen LogP contribution in [0.3, 0.4) is 0 Å². The standard InChI is InChI=1S/C11H24ClNO2S/c1-5-10(12)6-8-13-16(14,15)9-7-11(2,3)4/h10,13H,5-9H2,1-4H3. The molecule has 0 aliphatic carbocycles. The van der Waals surface area contributed by atoms with E-state index in [2.05, 4.69) is 4.72 Å². The molecule has 1 atom stereocenters. The zero-order chi connectivity index (χ0) is 12.8. The molecule has 0 saturated heterocycles. The maximum absolute atomic E-state index is 11.6. The van der Waals surface area contributed by atoms with Crippen molar-refractivity contribution in [2.75, 3.05) is 12.3 Å². The highest BCUT2D eigenvalue weighted by Crippen LogP contribution is 2.18. The summed E-state index contributed by atoms with van der Waals surface area (Å²) in [7, 11) is -3.13. The molecule has 0 fully saturated rings. The van der Waals surface area contributed by atoms with Gasteiger partial charge in [-0.1, -0.05) is 27.7 Å². The van der Waals surface area contributed by atoms with Crippen molar-refractivity contribution in [3.05, 3.63) is 0 Å². The average Bonchev–Trinajstić information content (AvgIpc) is 2.13. The van der Waals surface area contributed by atoms with E-state index in [-0.39, 0.29) is 16.5 Å². The van der Waals surface area contributed by atoms with Gasteiger partial charge in [0.2, 0.25) is 10.0 Å². The zero-order valence-electron chi connectivity index (χ0n) is 10.7. The number of alkyl halides is 1. The summed E-state index contributed by atoms with van der Waals surface area (Å²) < 4.78 is 25.8. The maximum Gasteiger partial charge on any atom is 0.211 e. The van der Waals surface area contributed by atoms with E-state index in [0.717, 1.165) is 6.42 Å². The lowest BCUT2D eigenvalue weighted by molar-refractivity contribution is 0.396. The smallest absolute Gasteiger partial charge is 0.211 e. The highest BCUT2D eigenvalue weighted by atomic mass is 35.5. The lowest BCUT2D eigenvalue weighted by Crippen LogP contribution is -2.30. The Morgan fingerprint density at radius 1 is 1.31 bits per heavy atom. The SMILES string of the molecule is CCC(Cl)CCNS(=O)(=O)CCC(C)(C)C. The van der Waals surface area contributed by atoms with Crippen LogP contribution < -0.4 is 4.72 Å². The summed E-state index contributed by atoms with van der Waals surface area (Å²) in [6, 6.07) is 0. The minimum Gasteiger partial charge on any atom is -0.215 e. The molecule has 0 bridgehead atoms. The lowest BCUT2D eigenvalue weighted by Gasteiger charge is -2.18. The second-order valence-electron chi connectivity index (χ2n) is 5.32. The molecule has 3 nitrogen and oxygen atoms in total. The van der Waals surface area contributed by atoms with Gasteiger partial charge in [0.05, 0.1) is 5.75 Å². The van der Waals surface area contributed by atoms with Gasteiger partial charge in [0, 0.05) is 11.9 Å². The fourth-order valence-electron chi connectivity index (χ4n) is 1.09. The summed E-state index contributed by atoms with van der Waals surface area (Å²) in [5, 5.41) is 0.0605. The molecule has 0 rings (SSSR count). The summed E-state index contributed by atoms with van der Waals surface area (Å²) >= 11 is 5.91. The third-order valence-electron chi connectivity index (χ3n) is 2.34. The van der Waals surface area contributed by atoms with Crippen LogP contribution in [0, 0.1) is 5.41 Å². The monoisotopic (exact) mass is 269 g/mol. The Kier molecular flexibility index (Phi) is 6.90. The summed E-state index contributed by atoms with van der Waals surface area (Å²) in [6.45, 7) is 8.54. The number of halogens is 1. The Morgan fingerprint density at radius 3 is 2.31 bits per heavy atom. The van der Waals surface area contributed by atoms with Crippen LogP contribution in [0.15, 0.2) is 0 Å². The van der Waals surface area contributed by atoms with Crippen molar-refractivity contribution < 1.29 is 8.42 Å². The van der Waals surface area contributed by atoms with Gasteiger partial charge in [-0.05, 0) is 24.7 Å². The molecule has 5 heteroatoms. The van der Waals surface area contributed by atoms with Crippen molar-refractivity contribution in [2.45, 2.75) is 52.3 Å². The van der Waals surface area contributed by atoms with E-state index in [1.165, 1.54) is 0 Å². The first-order chi connectivity index (χ1) is 7.16. The van der Waals surface area contributed by atoms with E-state index < -0.39 is 10.0 Å². The highest BCUT2D eigenvalue weighted by Gasteiger charge is 2.17. The maximum atomic E-state index is 11.6. The van der Waals surface area contributed by atoms with E-state index in [1.54, 1.807) is 0 Å². The fraction of sp³-hybridized carbons (Fsp3) is 1.00. The Morgan fingerprint density at radius 2 is 1.88 bits per heavy atom. The predicted octanol–water partition coefficient (Wildman–Crippen LogP) is 2.75. The minimum atomic E-state index is -3.13. The first kappa shape index (κ1) is 16.2. The number of sulfonamides is 1. The van der Waals surface area contributed by atoms with E-state index >= 15 is 0 Å². The number of rotatable bonds is 7. The second-order valence-corrected chi connectivity index (χ2v) is 7.86. The third kappa shape index (κ3) is 9.43. The predicted molar refractivity (Wildman–Crippen MR) is 70.4 cm³/mol. The van der Waals surface area contributed by atoms with E-state index in [0.29, 0.717) is 19.4 Å². The van der Waals surface area contributed by atoms with Gasteiger partial charge in [0.15, 0.2) is 0 Å². The fourth-order valence-corrected chi connectivity index (χ4v) is 2.65. The van der Waals surface area contributed by atoms with E-state index in [9.17, 15) is 8.42 Å². The van der Waals surface area contributed by atoms with Crippen LogP contribution in [0.1, 0.15) is 47.0 Å². The van der Waals surface area contributed by atoms with E-state index in [4.69, 9.17) is 11.6 Å². The summed E-state index contributed by atoms with van der Waals surface area (Å²) in [5.74, 6) is 0.190. The Balaban J connectivity index is 3.89. The number of nitrogens with one attached hydrogen (secondary N) is 1. The molecule has 0 amide bonds. The molecule has 0 aliphatic heterocycles. The molecule has 0 aromatic rings. The van der Waals surface area contributed by atoms with Gasteiger partial charge in [-0.15, -0.1) is 11.6 Å². The molecule has 0 heterocycles. The van der Waals surface area contributed by atoms with Crippen LogP contribution in [0.2, 0.25) is 0 Å². The molecule has 98 valence electrons. The molecular weight excluding hydrogens is 246 g/mol. The molecule has 0 aromatic heterocycles. The molecule has 16 heavy (non-hydrogen) atoms. The molecule has 0 radical (unpaired) electrons. The topological polar surface area (TPSA) is 46.2 Å². The lowest BCUT2D eigenvalue weighted by atomic mass is 9.94. The van der Waals surface area contributed by atoms with Crippen LogP contribution in [-0.4, -0.2) is 26.1 Å².